The number of H-pyrrole nitrogens is 1. The Morgan fingerprint density at radius 2 is 1.83 bits per heavy atom. The molecule has 1 amide bonds. The number of aromatic amines is 1. The molecule has 0 aliphatic heterocycles. The fraction of sp³-hybridized carbons (Fsp3) is 0.143. The minimum absolute atomic E-state index is 0.0271. The van der Waals surface area contributed by atoms with Crippen molar-refractivity contribution in [3.05, 3.63) is 87.6 Å². The van der Waals surface area contributed by atoms with E-state index in [-0.39, 0.29) is 5.69 Å². The van der Waals surface area contributed by atoms with Gasteiger partial charge in [0.05, 0.1) is 19.8 Å². The summed E-state index contributed by atoms with van der Waals surface area (Å²) in [5, 5.41) is 2.63. The second-order valence-corrected chi connectivity index (χ2v) is 6.13. The molecule has 8 heteroatoms. The first-order valence-corrected chi connectivity index (χ1v) is 8.71. The fourth-order valence-corrected chi connectivity index (χ4v) is 2.68. The lowest BCUT2D eigenvalue weighted by Crippen LogP contribution is -2.20. The van der Waals surface area contributed by atoms with Gasteiger partial charge in [0, 0.05) is 18.2 Å². The maximum absolute atomic E-state index is 12.5. The average Bonchev–Trinajstić information content (AvgIpc) is 2.73. The van der Waals surface area contributed by atoms with Crippen LogP contribution in [0.4, 0.5) is 5.69 Å². The van der Waals surface area contributed by atoms with Crippen molar-refractivity contribution in [3.8, 4) is 5.75 Å². The van der Waals surface area contributed by atoms with Crippen molar-refractivity contribution in [1.82, 2.24) is 9.97 Å². The zero-order valence-corrected chi connectivity index (χ0v) is 15.9. The Balaban J connectivity index is 1.79. The first-order valence-electron chi connectivity index (χ1n) is 8.71. The maximum Gasteiger partial charge on any atom is 0.337 e. The molecule has 2 N–H and O–H groups in total. The summed E-state index contributed by atoms with van der Waals surface area (Å²) in [7, 11) is 2.86. The van der Waals surface area contributed by atoms with E-state index < -0.39 is 17.4 Å². The van der Waals surface area contributed by atoms with E-state index in [1.165, 1.54) is 13.2 Å². The predicted molar refractivity (Wildman–Crippen MR) is 106 cm³/mol. The molecule has 0 atom stereocenters. The number of aromatic nitrogens is 2. The molecule has 0 aliphatic rings. The monoisotopic (exact) mass is 393 g/mol. The summed E-state index contributed by atoms with van der Waals surface area (Å²) in [6.07, 6.45) is 0.345. The van der Waals surface area contributed by atoms with Crippen molar-refractivity contribution < 1.29 is 19.1 Å². The molecular weight excluding hydrogens is 374 g/mol. The topological polar surface area (TPSA) is 110 Å². The summed E-state index contributed by atoms with van der Waals surface area (Å²) in [4.78, 5) is 43.0. The van der Waals surface area contributed by atoms with E-state index in [0.717, 1.165) is 17.4 Å². The molecule has 0 unspecified atom stereocenters. The third kappa shape index (κ3) is 5.07. The minimum Gasteiger partial charge on any atom is -0.497 e. The second kappa shape index (κ2) is 8.83. The Bertz CT molecular complexity index is 1090. The van der Waals surface area contributed by atoms with Gasteiger partial charge in [-0.3, -0.25) is 9.59 Å². The van der Waals surface area contributed by atoms with Crippen LogP contribution in [0.1, 0.15) is 32.2 Å². The van der Waals surface area contributed by atoms with Crippen molar-refractivity contribution in [1.29, 1.82) is 0 Å². The van der Waals surface area contributed by atoms with Gasteiger partial charge in [-0.05, 0) is 35.9 Å². The zero-order chi connectivity index (χ0) is 20.8. The van der Waals surface area contributed by atoms with Gasteiger partial charge in [0.25, 0.3) is 11.5 Å². The van der Waals surface area contributed by atoms with Crippen LogP contribution >= 0.6 is 0 Å². The van der Waals surface area contributed by atoms with Gasteiger partial charge in [-0.2, -0.15) is 0 Å². The lowest BCUT2D eigenvalue weighted by atomic mass is 10.1. The predicted octanol–water partition coefficient (Wildman–Crippen LogP) is 2.41. The van der Waals surface area contributed by atoms with Gasteiger partial charge in [-0.25, -0.2) is 9.78 Å². The fourth-order valence-electron chi connectivity index (χ4n) is 2.68. The number of nitrogens with one attached hydrogen (secondary N) is 2. The van der Waals surface area contributed by atoms with E-state index in [1.54, 1.807) is 37.4 Å². The van der Waals surface area contributed by atoms with E-state index in [9.17, 15) is 14.4 Å². The lowest BCUT2D eigenvalue weighted by Gasteiger charge is -2.08. The molecule has 0 saturated heterocycles. The number of anilines is 1. The van der Waals surface area contributed by atoms with Crippen LogP contribution in [-0.4, -0.2) is 36.1 Å². The standard InChI is InChI=1S/C21H19N3O5/c1-28-16-8-6-13(7-9-16)10-18-23-17(12-19(25)24-18)20(26)22-15-5-3-4-14(11-15)21(27)29-2/h3-9,11-12H,10H2,1-2H3,(H,22,26)(H,23,24,25). The van der Waals surface area contributed by atoms with Crippen LogP contribution in [-0.2, 0) is 11.2 Å². The highest BCUT2D eigenvalue weighted by Gasteiger charge is 2.13. The summed E-state index contributed by atoms with van der Waals surface area (Å²) in [5.41, 5.74) is 1.12. The molecule has 1 heterocycles. The number of carbonyl (C=O) groups excluding carboxylic acids is 2. The number of esters is 1. The van der Waals surface area contributed by atoms with E-state index in [1.807, 2.05) is 12.1 Å². The Labute approximate surface area is 166 Å². The normalized spacial score (nSPS) is 10.3. The van der Waals surface area contributed by atoms with E-state index >= 15 is 0 Å². The number of ether oxygens (including phenoxy) is 2. The smallest absolute Gasteiger partial charge is 0.337 e. The molecule has 2 aromatic carbocycles. The van der Waals surface area contributed by atoms with Crippen molar-refractivity contribution >= 4 is 17.6 Å². The molecule has 0 bridgehead atoms. The zero-order valence-electron chi connectivity index (χ0n) is 15.9. The van der Waals surface area contributed by atoms with Crippen LogP contribution < -0.4 is 15.6 Å². The van der Waals surface area contributed by atoms with Crippen molar-refractivity contribution in [3.63, 3.8) is 0 Å². The summed E-state index contributed by atoms with van der Waals surface area (Å²) >= 11 is 0. The molecule has 8 nitrogen and oxygen atoms in total. The van der Waals surface area contributed by atoms with Gasteiger partial charge >= 0.3 is 5.97 Å². The SMILES string of the molecule is COC(=O)c1cccc(NC(=O)c2cc(=O)[nH]c(Cc3ccc(OC)cc3)n2)c1. The molecule has 0 spiro atoms. The summed E-state index contributed by atoms with van der Waals surface area (Å²) < 4.78 is 9.79. The van der Waals surface area contributed by atoms with Gasteiger partial charge in [0.15, 0.2) is 0 Å². The highest BCUT2D eigenvalue weighted by molar-refractivity contribution is 6.03. The number of amides is 1. The van der Waals surface area contributed by atoms with Gasteiger partial charge in [0.2, 0.25) is 0 Å². The average molecular weight is 393 g/mol. The Kier molecular flexibility index (Phi) is 6.03. The molecule has 3 aromatic rings. The molecule has 148 valence electrons. The third-order valence-electron chi connectivity index (χ3n) is 4.10. The Morgan fingerprint density at radius 3 is 2.52 bits per heavy atom. The second-order valence-electron chi connectivity index (χ2n) is 6.13. The lowest BCUT2D eigenvalue weighted by molar-refractivity contribution is 0.0600. The molecule has 29 heavy (non-hydrogen) atoms. The third-order valence-corrected chi connectivity index (χ3v) is 4.10. The van der Waals surface area contributed by atoms with E-state index in [0.29, 0.717) is 23.5 Å². The van der Waals surface area contributed by atoms with E-state index in [4.69, 9.17) is 4.74 Å². The number of rotatable bonds is 6. The van der Waals surface area contributed by atoms with Crippen LogP contribution in [0.25, 0.3) is 0 Å². The number of methoxy groups -OCH3 is 2. The molecule has 3 rings (SSSR count). The van der Waals surface area contributed by atoms with Gasteiger partial charge in [0.1, 0.15) is 17.3 Å². The van der Waals surface area contributed by atoms with Crippen LogP contribution in [0, 0.1) is 0 Å². The van der Waals surface area contributed by atoms with Crippen LogP contribution in [0.5, 0.6) is 5.75 Å². The number of carbonyl (C=O) groups is 2. The van der Waals surface area contributed by atoms with Gasteiger partial charge in [-0.15, -0.1) is 0 Å². The summed E-state index contributed by atoms with van der Waals surface area (Å²) in [6.45, 7) is 0. The maximum atomic E-state index is 12.5. The largest absolute Gasteiger partial charge is 0.497 e. The molecule has 0 saturated carbocycles. The van der Waals surface area contributed by atoms with E-state index in [2.05, 4.69) is 20.0 Å². The highest BCUT2D eigenvalue weighted by atomic mass is 16.5. The molecular formula is C21H19N3O5. The van der Waals surface area contributed by atoms with Crippen molar-refractivity contribution in [2.24, 2.45) is 0 Å². The van der Waals surface area contributed by atoms with Crippen molar-refractivity contribution in [2.75, 3.05) is 19.5 Å². The summed E-state index contributed by atoms with van der Waals surface area (Å²) in [5.74, 6) is -0.0000939. The number of hydrogen-bond acceptors (Lipinski definition) is 6. The number of benzene rings is 2. The van der Waals surface area contributed by atoms with Crippen LogP contribution in [0.2, 0.25) is 0 Å². The minimum atomic E-state index is -0.561. The van der Waals surface area contributed by atoms with Crippen LogP contribution in [0.3, 0.4) is 0 Å². The van der Waals surface area contributed by atoms with Gasteiger partial charge < -0.3 is 19.8 Å². The number of hydrogen-bond donors (Lipinski definition) is 2. The van der Waals surface area contributed by atoms with Crippen LogP contribution in [0.15, 0.2) is 59.4 Å². The first kappa shape index (κ1) is 19.8. The molecule has 1 aromatic heterocycles. The Hall–Kier alpha value is -3.94. The van der Waals surface area contributed by atoms with Crippen molar-refractivity contribution in [2.45, 2.75) is 6.42 Å². The number of nitrogens with zero attached hydrogens (tertiary/aromatic N) is 1. The van der Waals surface area contributed by atoms with Gasteiger partial charge in [-0.1, -0.05) is 18.2 Å². The summed E-state index contributed by atoms with van der Waals surface area (Å²) in [6, 6.07) is 14.7. The molecule has 0 radical (unpaired) electrons. The first-order chi connectivity index (χ1) is 14.0. The molecule has 0 fully saturated rings. The quantitative estimate of drug-likeness (QED) is 0.622. The Morgan fingerprint density at radius 1 is 1.07 bits per heavy atom. The highest BCUT2D eigenvalue weighted by Crippen LogP contribution is 2.14. The molecule has 0 aliphatic carbocycles.